The maximum atomic E-state index is 13.3. The van der Waals surface area contributed by atoms with Gasteiger partial charge in [-0.1, -0.05) is 6.07 Å². The van der Waals surface area contributed by atoms with Crippen molar-refractivity contribution >= 4 is 21.3 Å². The molecule has 0 spiro atoms. The monoisotopic (exact) mass is 490 g/mol. The van der Waals surface area contributed by atoms with Crippen LogP contribution in [-0.2, 0) is 15.9 Å². The SMILES string of the molecule is COc1cc(Oc2ncc(C(F)(F)F)cc2C(=O)Nc2cccc(S(C)(=N)=O)c2)ccc1C#N. The molecule has 8 nitrogen and oxygen atoms in total. The molecule has 12 heteroatoms. The standard InChI is InChI=1S/C22H17F3N4O4S/c1-32-19-10-16(7-6-13(19)11-26)33-21-18(8-14(12-28-21)22(23,24)25)20(30)29-15-4-3-5-17(9-15)34(2,27)31/h3-10,12,27H,1-2H3,(H,29,30). The molecule has 0 fully saturated rings. The molecule has 3 rings (SSSR count). The minimum Gasteiger partial charge on any atom is -0.495 e. The number of nitrogens with zero attached hydrogens (tertiary/aromatic N) is 2. The van der Waals surface area contributed by atoms with Gasteiger partial charge < -0.3 is 14.8 Å². The Bertz CT molecular complexity index is 1400. The molecular formula is C22H17F3N4O4S. The summed E-state index contributed by atoms with van der Waals surface area (Å²) >= 11 is 0. The molecule has 34 heavy (non-hydrogen) atoms. The Morgan fingerprint density at radius 3 is 2.56 bits per heavy atom. The average molecular weight is 490 g/mol. The first-order chi connectivity index (χ1) is 15.9. The van der Waals surface area contributed by atoms with Gasteiger partial charge in [-0.15, -0.1) is 0 Å². The lowest BCUT2D eigenvalue weighted by molar-refractivity contribution is -0.137. The zero-order valence-electron chi connectivity index (χ0n) is 17.8. The second kappa shape index (κ2) is 9.40. The Morgan fingerprint density at radius 2 is 1.94 bits per heavy atom. The van der Waals surface area contributed by atoms with Crippen molar-refractivity contribution in [1.82, 2.24) is 4.98 Å². The summed E-state index contributed by atoms with van der Waals surface area (Å²) in [5, 5.41) is 11.5. The second-order valence-electron chi connectivity index (χ2n) is 6.98. The summed E-state index contributed by atoms with van der Waals surface area (Å²) in [6, 6.07) is 12.2. The molecule has 176 valence electrons. The quantitative estimate of drug-likeness (QED) is 0.498. The molecule has 0 aliphatic carbocycles. The van der Waals surface area contributed by atoms with Gasteiger partial charge in [-0.05, 0) is 36.4 Å². The van der Waals surface area contributed by atoms with Crippen LogP contribution in [0, 0.1) is 16.1 Å². The number of aromatic nitrogens is 1. The van der Waals surface area contributed by atoms with Gasteiger partial charge in [0.05, 0.1) is 28.0 Å². The third-order valence-electron chi connectivity index (χ3n) is 4.47. The van der Waals surface area contributed by atoms with Crippen LogP contribution in [-0.4, -0.2) is 28.5 Å². The van der Waals surface area contributed by atoms with Crippen molar-refractivity contribution in [2.45, 2.75) is 11.1 Å². The predicted octanol–water partition coefficient (Wildman–Crippen LogP) is 5.06. The lowest BCUT2D eigenvalue weighted by atomic mass is 10.1. The van der Waals surface area contributed by atoms with Gasteiger partial charge in [0.15, 0.2) is 0 Å². The summed E-state index contributed by atoms with van der Waals surface area (Å²) in [4.78, 5) is 16.7. The van der Waals surface area contributed by atoms with Crippen LogP contribution in [0.15, 0.2) is 59.6 Å². The van der Waals surface area contributed by atoms with E-state index in [0.29, 0.717) is 12.3 Å². The van der Waals surface area contributed by atoms with Crippen LogP contribution < -0.4 is 14.8 Å². The number of anilines is 1. The summed E-state index contributed by atoms with van der Waals surface area (Å²) in [5.74, 6) is -1.17. The molecule has 1 heterocycles. The van der Waals surface area contributed by atoms with Gasteiger partial charge in [-0.25, -0.2) is 14.0 Å². The highest BCUT2D eigenvalue weighted by atomic mass is 32.2. The molecule has 1 aromatic heterocycles. The maximum absolute atomic E-state index is 13.3. The Kier molecular flexibility index (Phi) is 6.78. The largest absolute Gasteiger partial charge is 0.495 e. The van der Waals surface area contributed by atoms with E-state index in [1.165, 1.54) is 55.8 Å². The number of nitriles is 1. The average Bonchev–Trinajstić information content (AvgIpc) is 2.78. The number of nitrogens with one attached hydrogen (secondary N) is 2. The number of carbonyl (C=O) groups excluding carboxylic acids is 1. The van der Waals surface area contributed by atoms with Crippen molar-refractivity contribution in [3.05, 3.63) is 71.4 Å². The smallest absolute Gasteiger partial charge is 0.417 e. The Balaban J connectivity index is 2.01. The van der Waals surface area contributed by atoms with Crippen LogP contribution >= 0.6 is 0 Å². The van der Waals surface area contributed by atoms with Crippen molar-refractivity contribution in [3.63, 3.8) is 0 Å². The highest BCUT2D eigenvalue weighted by molar-refractivity contribution is 7.91. The minimum absolute atomic E-state index is 0.0686. The third-order valence-corrected chi connectivity index (χ3v) is 5.63. The third kappa shape index (κ3) is 5.62. The van der Waals surface area contributed by atoms with Crippen LogP contribution in [0.5, 0.6) is 17.4 Å². The van der Waals surface area contributed by atoms with E-state index >= 15 is 0 Å². The summed E-state index contributed by atoms with van der Waals surface area (Å²) in [7, 11) is -1.76. The normalized spacial score (nSPS) is 12.8. The number of ether oxygens (including phenoxy) is 2. The van der Waals surface area contributed by atoms with Crippen LogP contribution in [0.4, 0.5) is 18.9 Å². The van der Waals surface area contributed by atoms with E-state index < -0.39 is 38.8 Å². The summed E-state index contributed by atoms with van der Waals surface area (Å²) in [6.07, 6.45) is -3.04. The highest BCUT2D eigenvalue weighted by Gasteiger charge is 2.33. The minimum atomic E-state index is -4.77. The summed E-state index contributed by atoms with van der Waals surface area (Å²) < 4.78 is 70.1. The van der Waals surface area contributed by atoms with Gasteiger partial charge in [0.1, 0.15) is 23.1 Å². The number of hydrogen-bond donors (Lipinski definition) is 2. The predicted molar refractivity (Wildman–Crippen MR) is 116 cm³/mol. The lowest BCUT2D eigenvalue weighted by Crippen LogP contribution is -2.16. The van der Waals surface area contributed by atoms with E-state index in [9.17, 15) is 22.2 Å². The van der Waals surface area contributed by atoms with E-state index in [2.05, 4.69) is 10.3 Å². The number of alkyl halides is 3. The van der Waals surface area contributed by atoms with Crippen molar-refractivity contribution in [1.29, 1.82) is 10.0 Å². The number of pyridine rings is 1. The molecule has 0 saturated heterocycles. The number of benzene rings is 2. The Morgan fingerprint density at radius 1 is 1.21 bits per heavy atom. The molecule has 3 aromatic rings. The van der Waals surface area contributed by atoms with E-state index in [-0.39, 0.29) is 27.6 Å². The highest BCUT2D eigenvalue weighted by Crippen LogP contribution is 2.34. The molecule has 0 bridgehead atoms. The fourth-order valence-corrected chi connectivity index (χ4v) is 3.49. The molecular weight excluding hydrogens is 473 g/mol. The molecule has 1 atom stereocenters. The fourth-order valence-electron chi connectivity index (χ4n) is 2.80. The molecule has 0 radical (unpaired) electrons. The van der Waals surface area contributed by atoms with Crippen molar-refractivity contribution in [2.75, 3.05) is 18.7 Å². The molecule has 1 unspecified atom stereocenters. The van der Waals surface area contributed by atoms with Crippen molar-refractivity contribution in [2.24, 2.45) is 0 Å². The number of halogens is 3. The maximum Gasteiger partial charge on any atom is 0.417 e. The molecule has 2 aromatic carbocycles. The Labute approximate surface area is 192 Å². The van der Waals surface area contributed by atoms with Gasteiger partial charge in [-0.3, -0.25) is 4.79 Å². The molecule has 2 N–H and O–H groups in total. The first kappa shape index (κ1) is 24.5. The zero-order chi connectivity index (χ0) is 25.1. The van der Waals surface area contributed by atoms with E-state index in [4.69, 9.17) is 19.5 Å². The number of carbonyl (C=O) groups is 1. The number of amides is 1. The van der Waals surface area contributed by atoms with Gasteiger partial charge in [0.2, 0.25) is 5.88 Å². The zero-order valence-corrected chi connectivity index (χ0v) is 18.6. The van der Waals surface area contributed by atoms with Crippen molar-refractivity contribution in [3.8, 4) is 23.4 Å². The molecule has 0 aliphatic heterocycles. The van der Waals surface area contributed by atoms with E-state index in [1.54, 1.807) is 0 Å². The number of methoxy groups -OCH3 is 1. The van der Waals surface area contributed by atoms with Crippen LogP contribution in [0.25, 0.3) is 0 Å². The van der Waals surface area contributed by atoms with E-state index in [1.807, 2.05) is 6.07 Å². The Hall–Kier alpha value is -4.11. The van der Waals surface area contributed by atoms with Gasteiger partial charge in [-0.2, -0.15) is 18.4 Å². The number of rotatable bonds is 6. The van der Waals surface area contributed by atoms with Crippen LogP contribution in [0.2, 0.25) is 0 Å². The van der Waals surface area contributed by atoms with Gasteiger partial charge >= 0.3 is 6.18 Å². The fraction of sp³-hybridized carbons (Fsp3) is 0.136. The van der Waals surface area contributed by atoms with E-state index in [0.717, 1.165) is 0 Å². The second-order valence-corrected chi connectivity index (χ2v) is 9.13. The van der Waals surface area contributed by atoms with Crippen molar-refractivity contribution < 1.29 is 31.6 Å². The molecule has 0 saturated carbocycles. The molecule has 0 aliphatic rings. The van der Waals surface area contributed by atoms with Gasteiger partial charge in [0, 0.05) is 29.1 Å². The van der Waals surface area contributed by atoms with Crippen LogP contribution in [0.3, 0.4) is 0 Å². The first-order valence-electron chi connectivity index (χ1n) is 9.41. The van der Waals surface area contributed by atoms with Crippen LogP contribution in [0.1, 0.15) is 21.5 Å². The topological polar surface area (TPSA) is 125 Å². The summed E-state index contributed by atoms with van der Waals surface area (Å²) in [6.45, 7) is 0. The lowest BCUT2D eigenvalue weighted by Gasteiger charge is -2.14. The number of hydrogen-bond acceptors (Lipinski definition) is 7. The summed E-state index contributed by atoms with van der Waals surface area (Å²) in [5.41, 5.74) is -1.37. The first-order valence-corrected chi connectivity index (χ1v) is 11.4. The van der Waals surface area contributed by atoms with Gasteiger partial charge in [0.25, 0.3) is 5.91 Å². The molecule has 1 amide bonds.